The molecule has 2 amide bonds. The Hall–Kier alpha value is -3.65. The minimum Gasteiger partial charge on any atom is -0.352 e. The first-order valence-electron chi connectivity index (χ1n) is 13.9. The summed E-state index contributed by atoms with van der Waals surface area (Å²) in [4.78, 5) is 29.1. The third kappa shape index (κ3) is 7.50. The Morgan fingerprint density at radius 2 is 1.48 bits per heavy atom. The molecule has 40 heavy (non-hydrogen) atoms. The van der Waals surface area contributed by atoms with Crippen molar-refractivity contribution in [3.63, 3.8) is 0 Å². The molecule has 0 saturated heterocycles. The maximum Gasteiger partial charge on any atom is 0.264 e. The molecule has 8 heteroatoms. The first-order chi connectivity index (χ1) is 19.1. The van der Waals surface area contributed by atoms with Gasteiger partial charge in [0.2, 0.25) is 11.8 Å². The highest BCUT2D eigenvalue weighted by Crippen LogP contribution is 2.25. The lowest BCUT2D eigenvalue weighted by molar-refractivity contribution is -0.140. The number of benzene rings is 3. The molecule has 0 spiro atoms. The van der Waals surface area contributed by atoms with Crippen LogP contribution in [-0.2, 0) is 32.6 Å². The molecular weight excluding hydrogens is 522 g/mol. The number of sulfonamides is 1. The number of carbonyl (C=O) groups excluding carboxylic acids is 2. The molecule has 2 atom stereocenters. The number of rotatable bonds is 13. The van der Waals surface area contributed by atoms with E-state index in [2.05, 4.69) is 5.32 Å². The van der Waals surface area contributed by atoms with E-state index in [1.54, 1.807) is 30.3 Å². The molecule has 0 aliphatic rings. The van der Waals surface area contributed by atoms with Crippen LogP contribution in [0, 0.1) is 6.92 Å². The number of anilines is 1. The average Bonchev–Trinajstić information content (AvgIpc) is 2.97. The second-order valence-electron chi connectivity index (χ2n) is 10.0. The number of nitrogens with one attached hydrogen (secondary N) is 1. The maximum atomic E-state index is 14.1. The smallest absolute Gasteiger partial charge is 0.264 e. The van der Waals surface area contributed by atoms with Crippen molar-refractivity contribution in [3.05, 3.63) is 95.6 Å². The van der Waals surface area contributed by atoms with Gasteiger partial charge in [-0.2, -0.15) is 0 Å². The van der Waals surface area contributed by atoms with Gasteiger partial charge in [0.05, 0.1) is 10.6 Å². The van der Waals surface area contributed by atoms with Crippen LogP contribution in [0.2, 0.25) is 0 Å². The highest BCUT2D eigenvalue weighted by molar-refractivity contribution is 7.92. The van der Waals surface area contributed by atoms with Gasteiger partial charge in [-0.15, -0.1) is 0 Å². The Bertz CT molecular complexity index is 1370. The van der Waals surface area contributed by atoms with Crippen molar-refractivity contribution in [1.29, 1.82) is 0 Å². The zero-order valence-electron chi connectivity index (χ0n) is 24.1. The van der Waals surface area contributed by atoms with Gasteiger partial charge in [0.15, 0.2) is 0 Å². The number of nitrogens with zero attached hydrogens (tertiary/aromatic N) is 2. The molecule has 214 valence electrons. The Balaban J connectivity index is 2.06. The topological polar surface area (TPSA) is 86.8 Å². The Kier molecular flexibility index (Phi) is 10.9. The number of hydrogen-bond acceptors (Lipinski definition) is 4. The van der Waals surface area contributed by atoms with Gasteiger partial charge in [-0.25, -0.2) is 8.42 Å². The third-order valence-corrected chi connectivity index (χ3v) is 9.02. The minimum absolute atomic E-state index is 0.0519. The largest absolute Gasteiger partial charge is 0.352 e. The van der Waals surface area contributed by atoms with E-state index < -0.39 is 28.5 Å². The van der Waals surface area contributed by atoms with Crippen LogP contribution in [0.3, 0.4) is 0 Å². The Morgan fingerprint density at radius 1 is 0.850 bits per heavy atom. The molecule has 0 fully saturated rings. The fourth-order valence-corrected chi connectivity index (χ4v) is 5.91. The van der Waals surface area contributed by atoms with E-state index in [1.165, 1.54) is 17.0 Å². The van der Waals surface area contributed by atoms with Gasteiger partial charge in [0, 0.05) is 12.6 Å². The van der Waals surface area contributed by atoms with Crippen LogP contribution >= 0.6 is 0 Å². The summed E-state index contributed by atoms with van der Waals surface area (Å²) >= 11 is 0. The van der Waals surface area contributed by atoms with Gasteiger partial charge >= 0.3 is 0 Å². The van der Waals surface area contributed by atoms with E-state index >= 15 is 0 Å². The Labute approximate surface area is 239 Å². The molecule has 0 aliphatic heterocycles. The van der Waals surface area contributed by atoms with Crippen molar-refractivity contribution < 1.29 is 18.0 Å². The highest BCUT2D eigenvalue weighted by atomic mass is 32.2. The third-order valence-electron chi connectivity index (χ3n) is 7.23. The van der Waals surface area contributed by atoms with Crippen molar-refractivity contribution in [2.24, 2.45) is 0 Å². The van der Waals surface area contributed by atoms with Crippen LogP contribution in [0.5, 0.6) is 0 Å². The van der Waals surface area contributed by atoms with E-state index in [0.29, 0.717) is 12.1 Å². The lowest BCUT2D eigenvalue weighted by Gasteiger charge is -2.34. The highest BCUT2D eigenvalue weighted by Gasteiger charge is 2.34. The lowest BCUT2D eigenvalue weighted by atomic mass is 10.1. The molecule has 0 aromatic heterocycles. The van der Waals surface area contributed by atoms with E-state index in [9.17, 15) is 18.0 Å². The predicted octanol–water partition coefficient (Wildman–Crippen LogP) is 5.47. The van der Waals surface area contributed by atoms with Crippen molar-refractivity contribution in [3.8, 4) is 0 Å². The van der Waals surface area contributed by atoms with Gasteiger partial charge < -0.3 is 10.2 Å². The van der Waals surface area contributed by atoms with Crippen molar-refractivity contribution in [2.45, 2.75) is 77.4 Å². The molecule has 7 nitrogen and oxygen atoms in total. The van der Waals surface area contributed by atoms with Gasteiger partial charge in [0.1, 0.15) is 12.6 Å². The van der Waals surface area contributed by atoms with E-state index in [0.717, 1.165) is 33.8 Å². The number of aryl methyl sites for hydroxylation is 2. The molecule has 3 rings (SSSR count). The standard InChI is InChI=1S/C32H41N3O4S/c1-6-25(5)33-32(37)30(8-3)34(22-27-15-13-12-14-24(27)4)31(36)23-35(28-20-18-26(7-2)19-21-28)40(38,39)29-16-10-9-11-17-29/h9-21,25,30H,6-8,22-23H2,1-5H3,(H,33,37)/t25-,30-/m0/s1. The van der Waals surface area contributed by atoms with Crippen molar-refractivity contribution in [1.82, 2.24) is 10.2 Å². The zero-order valence-corrected chi connectivity index (χ0v) is 24.9. The Morgan fingerprint density at radius 3 is 2.05 bits per heavy atom. The molecule has 0 bridgehead atoms. The average molecular weight is 564 g/mol. The molecule has 0 aliphatic carbocycles. The van der Waals surface area contributed by atoms with Crippen LogP contribution in [0.25, 0.3) is 0 Å². The second-order valence-corrected chi connectivity index (χ2v) is 11.9. The fraction of sp³-hybridized carbons (Fsp3) is 0.375. The summed E-state index contributed by atoms with van der Waals surface area (Å²) < 4.78 is 28.9. The number of hydrogen-bond donors (Lipinski definition) is 1. The molecule has 0 unspecified atom stereocenters. The number of amides is 2. The van der Waals surface area contributed by atoms with Crippen LogP contribution in [0.15, 0.2) is 83.8 Å². The maximum absolute atomic E-state index is 14.1. The summed E-state index contributed by atoms with van der Waals surface area (Å²) in [6.07, 6.45) is 1.94. The minimum atomic E-state index is -4.07. The summed E-state index contributed by atoms with van der Waals surface area (Å²) in [5.74, 6) is -0.697. The van der Waals surface area contributed by atoms with Gasteiger partial charge in [-0.1, -0.05) is 75.4 Å². The van der Waals surface area contributed by atoms with Crippen LogP contribution in [0.4, 0.5) is 5.69 Å². The van der Waals surface area contributed by atoms with E-state index in [-0.39, 0.29) is 23.4 Å². The molecule has 3 aromatic carbocycles. The van der Waals surface area contributed by atoms with E-state index in [1.807, 2.05) is 71.0 Å². The van der Waals surface area contributed by atoms with Crippen LogP contribution in [-0.4, -0.2) is 43.8 Å². The van der Waals surface area contributed by atoms with Crippen LogP contribution < -0.4 is 9.62 Å². The molecule has 1 N–H and O–H groups in total. The normalized spacial score (nSPS) is 12.8. The summed E-state index contributed by atoms with van der Waals surface area (Å²) in [6.45, 7) is 9.49. The zero-order chi connectivity index (χ0) is 29.3. The molecule has 0 radical (unpaired) electrons. The summed E-state index contributed by atoms with van der Waals surface area (Å²) in [6, 6.07) is 22.2. The first kappa shape index (κ1) is 30.9. The summed E-state index contributed by atoms with van der Waals surface area (Å²) in [5, 5.41) is 3.01. The fourth-order valence-electron chi connectivity index (χ4n) is 4.48. The van der Waals surface area contributed by atoms with Gasteiger partial charge in [-0.3, -0.25) is 13.9 Å². The second kappa shape index (κ2) is 14.1. The van der Waals surface area contributed by atoms with Gasteiger partial charge in [0.25, 0.3) is 10.0 Å². The summed E-state index contributed by atoms with van der Waals surface area (Å²) in [5.41, 5.74) is 3.33. The molecular formula is C32H41N3O4S. The van der Waals surface area contributed by atoms with Crippen molar-refractivity contribution in [2.75, 3.05) is 10.8 Å². The van der Waals surface area contributed by atoms with Gasteiger partial charge in [-0.05, 0) is 74.1 Å². The summed E-state index contributed by atoms with van der Waals surface area (Å²) in [7, 11) is -4.07. The quantitative estimate of drug-likeness (QED) is 0.299. The first-order valence-corrected chi connectivity index (χ1v) is 15.4. The lowest BCUT2D eigenvalue weighted by Crippen LogP contribution is -2.53. The monoisotopic (exact) mass is 563 g/mol. The molecule has 0 heterocycles. The SMILES string of the molecule is CCc1ccc(N(CC(=O)N(Cc2ccccc2C)[C@@H](CC)C(=O)N[C@@H](C)CC)S(=O)(=O)c2ccccc2)cc1. The number of carbonyl (C=O) groups is 2. The van der Waals surface area contributed by atoms with E-state index in [4.69, 9.17) is 0 Å². The van der Waals surface area contributed by atoms with Crippen LogP contribution in [0.1, 0.15) is 57.2 Å². The van der Waals surface area contributed by atoms with Crippen molar-refractivity contribution >= 4 is 27.5 Å². The predicted molar refractivity (Wildman–Crippen MR) is 160 cm³/mol. The molecule has 0 saturated carbocycles. The molecule has 3 aromatic rings.